The van der Waals surface area contributed by atoms with Gasteiger partial charge in [0.15, 0.2) is 0 Å². The first kappa shape index (κ1) is 15.0. The summed E-state index contributed by atoms with van der Waals surface area (Å²) >= 11 is 6.08. The van der Waals surface area contributed by atoms with Crippen molar-refractivity contribution in [2.45, 2.75) is 34.1 Å². The lowest BCUT2D eigenvalue weighted by Crippen LogP contribution is -2.17. The predicted molar refractivity (Wildman–Crippen MR) is 78.3 cm³/mol. The molecule has 0 spiro atoms. The van der Waals surface area contributed by atoms with E-state index in [1.54, 1.807) is 6.20 Å². The minimum absolute atomic E-state index is 0.563. The van der Waals surface area contributed by atoms with Gasteiger partial charge >= 0.3 is 0 Å². The van der Waals surface area contributed by atoms with Gasteiger partial charge in [-0.1, -0.05) is 39.3 Å². The Labute approximate surface area is 115 Å². The average Bonchev–Trinajstić information content (AvgIpc) is 2.35. The minimum atomic E-state index is 0.563. The summed E-state index contributed by atoms with van der Waals surface area (Å²) in [5.41, 5.74) is 0. The van der Waals surface area contributed by atoms with Gasteiger partial charge in [-0.25, -0.2) is 4.98 Å². The topological polar surface area (TPSA) is 49.8 Å². The molecule has 0 amide bonds. The van der Waals surface area contributed by atoms with E-state index in [9.17, 15) is 0 Å². The Morgan fingerprint density at radius 1 is 1.28 bits per heavy atom. The summed E-state index contributed by atoms with van der Waals surface area (Å²) in [5, 5.41) is 7.00. The van der Waals surface area contributed by atoms with E-state index in [-0.39, 0.29) is 0 Å². The lowest BCUT2D eigenvalue weighted by atomic mass is 9.98. The van der Waals surface area contributed by atoms with Crippen molar-refractivity contribution < 1.29 is 0 Å². The number of hydrogen-bond donors (Lipinski definition) is 2. The van der Waals surface area contributed by atoms with Gasteiger partial charge in [0.1, 0.15) is 10.8 Å². The lowest BCUT2D eigenvalue weighted by Gasteiger charge is -2.17. The molecule has 0 saturated heterocycles. The van der Waals surface area contributed by atoms with Crippen molar-refractivity contribution in [3.05, 3.63) is 11.2 Å². The SMILES string of the molecule is CCCNc1ncc(Cl)c(NCC(C)C(C)C)n1. The lowest BCUT2D eigenvalue weighted by molar-refractivity contribution is 0.439. The smallest absolute Gasteiger partial charge is 0.224 e. The third kappa shape index (κ3) is 4.69. The van der Waals surface area contributed by atoms with Crippen molar-refractivity contribution in [1.29, 1.82) is 0 Å². The van der Waals surface area contributed by atoms with Crippen LogP contribution in [-0.2, 0) is 0 Å². The normalized spacial score (nSPS) is 12.6. The van der Waals surface area contributed by atoms with Gasteiger partial charge < -0.3 is 10.6 Å². The Hall–Kier alpha value is -1.03. The van der Waals surface area contributed by atoms with Gasteiger partial charge in [-0.2, -0.15) is 4.98 Å². The van der Waals surface area contributed by atoms with Crippen LogP contribution in [0.15, 0.2) is 6.20 Å². The first-order chi connectivity index (χ1) is 8.54. The molecule has 1 aromatic heterocycles. The van der Waals surface area contributed by atoms with Crippen LogP contribution in [-0.4, -0.2) is 23.1 Å². The van der Waals surface area contributed by atoms with Gasteiger partial charge in [0, 0.05) is 13.1 Å². The first-order valence-corrected chi connectivity index (χ1v) is 6.92. The highest BCUT2D eigenvalue weighted by Gasteiger charge is 2.09. The Morgan fingerprint density at radius 2 is 2.00 bits per heavy atom. The number of halogens is 1. The zero-order chi connectivity index (χ0) is 13.5. The highest BCUT2D eigenvalue weighted by molar-refractivity contribution is 6.32. The molecule has 2 N–H and O–H groups in total. The van der Waals surface area contributed by atoms with E-state index in [0.29, 0.717) is 28.6 Å². The summed E-state index contributed by atoms with van der Waals surface area (Å²) in [4.78, 5) is 8.52. The fourth-order valence-corrected chi connectivity index (χ4v) is 1.46. The van der Waals surface area contributed by atoms with E-state index in [1.807, 2.05) is 0 Å². The van der Waals surface area contributed by atoms with Crippen LogP contribution in [0.4, 0.5) is 11.8 Å². The van der Waals surface area contributed by atoms with E-state index in [2.05, 4.69) is 48.3 Å². The number of hydrogen-bond acceptors (Lipinski definition) is 4. The molecular weight excluding hydrogens is 248 g/mol. The standard InChI is InChI=1S/C13H23ClN4/c1-5-6-15-13-17-8-11(14)12(18-13)16-7-10(4)9(2)3/h8-10H,5-7H2,1-4H3,(H2,15,16,17,18). The summed E-state index contributed by atoms with van der Waals surface area (Å²) < 4.78 is 0. The Bertz CT molecular complexity index is 368. The fraction of sp³-hybridized carbons (Fsp3) is 0.692. The van der Waals surface area contributed by atoms with Gasteiger partial charge in [-0.15, -0.1) is 0 Å². The van der Waals surface area contributed by atoms with Gasteiger partial charge in [-0.05, 0) is 18.3 Å². The second kappa shape index (κ2) is 7.41. The van der Waals surface area contributed by atoms with Crippen LogP contribution in [0.2, 0.25) is 5.02 Å². The Balaban J connectivity index is 2.63. The number of anilines is 2. The van der Waals surface area contributed by atoms with Crippen molar-refractivity contribution in [2.24, 2.45) is 11.8 Å². The molecule has 0 aliphatic rings. The van der Waals surface area contributed by atoms with Crippen molar-refractivity contribution in [2.75, 3.05) is 23.7 Å². The van der Waals surface area contributed by atoms with Gasteiger partial charge in [0.05, 0.1) is 6.20 Å². The zero-order valence-corrected chi connectivity index (χ0v) is 12.4. The molecule has 18 heavy (non-hydrogen) atoms. The number of aromatic nitrogens is 2. The summed E-state index contributed by atoms with van der Waals surface area (Å²) in [6, 6.07) is 0. The summed E-state index contributed by atoms with van der Waals surface area (Å²) in [5.74, 6) is 2.54. The maximum atomic E-state index is 6.08. The third-order valence-electron chi connectivity index (χ3n) is 3.01. The number of nitrogens with one attached hydrogen (secondary N) is 2. The van der Waals surface area contributed by atoms with Gasteiger partial charge in [-0.3, -0.25) is 0 Å². The fourth-order valence-electron chi connectivity index (χ4n) is 1.31. The molecule has 5 heteroatoms. The van der Waals surface area contributed by atoms with E-state index >= 15 is 0 Å². The monoisotopic (exact) mass is 270 g/mol. The summed E-state index contributed by atoms with van der Waals surface area (Å²) in [6.07, 6.45) is 2.67. The molecule has 4 nitrogen and oxygen atoms in total. The molecule has 1 unspecified atom stereocenters. The molecule has 0 fully saturated rings. The Kier molecular flexibility index (Phi) is 6.19. The number of nitrogens with zero attached hydrogens (tertiary/aromatic N) is 2. The molecule has 102 valence electrons. The van der Waals surface area contributed by atoms with Crippen LogP contribution in [0.1, 0.15) is 34.1 Å². The van der Waals surface area contributed by atoms with Crippen LogP contribution >= 0.6 is 11.6 Å². The first-order valence-electron chi connectivity index (χ1n) is 6.54. The molecule has 0 aliphatic heterocycles. The van der Waals surface area contributed by atoms with E-state index in [1.165, 1.54) is 0 Å². The maximum Gasteiger partial charge on any atom is 0.224 e. The molecule has 0 aromatic carbocycles. The van der Waals surface area contributed by atoms with Crippen LogP contribution in [0.5, 0.6) is 0 Å². The molecule has 0 bridgehead atoms. The third-order valence-corrected chi connectivity index (χ3v) is 3.28. The van der Waals surface area contributed by atoms with Crippen LogP contribution < -0.4 is 10.6 Å². The van der Waals surface area contributed by atoms with E-state index < -0.39 is 0 Å². The molecule has 0 radical (unpaired) electrons. The van der Waals surface area contributed by atoms with E-state index in [4.69, 9.17) is 11.6 Å². The molecule has 0 saturated carbocycles. The summed E-state index contributed by atoms with van der Waals surface area (Å²) in [6.45, 7) is 10.5. The minimum Gasteiger partial charge on any atom is -0.368 e. The average molecular weight is 271 g/mol. The van der Waals surface area contributed by atoms with Crippen molar-refractivity contribution in [3.8, 4) is 0 Å². The molecular formula is C13H23ClN4. The van der Waals surface area contributed by atoms with Crippen molar-refractivity contribution in [3.63, 3.8) is 0 Å². The molecule has 1 aromatic rings. The predicted octanol–water partition coefficient (Wildman–Crippen LogP) is 3.66. The second-order valence-electron chi connectivity index (χ2n) is 4.92. The van der Waals surface area contributed by atoms with Crippen molar-refractivity contribution in [1.82, 2.24) is 9.97 Å². The van der Waals surface area contributed by atoms with Crippen LogP contribution in [0, 0.1) is 11.8 Å². The molecule has 1 rings (SSSR count). The second-order valence-corrected chi connectivity index (χ2v) is 5.33. The Morgan fingerprint density at radius 3 is 2.61 bits per heavy atom. The highest BCUT2D eigenvalue weighted by atomic mass is 35.5. The van der Waals surface area contributed by atoms with Gasteiger partial charge in [0.25, 0.3) is 0 Å². The molecule has 1 heterocycles. The highest BCUT2D eigenvalue weighted by Crippen LogP contribution is 2.20. The quantitative estimate of drug-likeness (QED) is 0.794. The van der Waals surface area contributed by atoms with Crippen molar-refractivity contribution >= 4 is 23.4 Å². The van der Waals surface area contributed by atoms with Crippen LogP contribution in [0.3, 0.4) is 0 Å². The summed E-state index contributed by atoms with van der Waals surface area (Å²) in [7, 11) is 0. The maximum absolute atomic E-state index is 6.08. The molecule has 1 atom stereocenters. The van der Waals surface area contributed by atoms with E-state index in [0.717, 1.165) is 19.5 Å². The number of rotatable bonds is 7. The molecule has 0 aliphatic carbocycles. The van der Waals surface area contributed by atoms with Crippen LogP contribution in [0.25, 0.3) is 0 Å². The largest absolute Gasteiger partial charge is 0.368 e. The van der Waals surface area contributed by atoms with Gasteiger partial charge in [0.2, 0.25) is 5.95 Å². The zero-order valence-electron chi connectivity index (χ0n) is 11.6.